The van der Waals surface area contributed by atoms with E-state index in [0.717, 1.165) is 48.8 Å². The third-order valence-corrected chi connectivity index (χ3v) is 5.26. The second kappa shape index (κ2) is 12.2. The lowest BCUT2D eigenvalue weighted by atomic mass is 10.1. The first kappa shape index (κ1) is 23.7. The highest BCUT2D eigenvalue weighted by Gasteiger charge is 2.26. The number of aliphatic hydroxyl groups is 1. The first-order chi connectivity index (χ1) is 15.1. The van der Waals surface area contributed by atoms with E-state index in [0.29, 0.717) is 45.4 Å². The van der Waals surface area contributed by atoms with Crippen LogP contribution in [-0.4, -0.2) is 73.9 Å². The largest absolute Gasteiger partial charge is 0.389 e. The first-order valence-electron chi connectivity index (χ1n) is 11.4. The average molecular weight is 432 g/mol. The maximum absolute atomic E-state index is 10.6. The Morgan fingerprint density at radius 1 is 1.16 bits per heavy atom. The van der Waals surface area contributed by atoms with Crippen LogP contribution in [0.2, 0.25) is 0 Å². The summed E-state index contributed by atoms with van der Waals surface area (Å²) in [6, 6.07) is 10.2. The predicted octanol–water partition coefficient (Wildman–Crippen LogP) is 3.42. The molecule has 7 nitrogen and oxygen atoms in total. The standard InChI is InChI=1S/C24H37N3O4/c1-4-10-26(15-21(28)18-30-17-19(2)3)16-22-23(20-8-6-5-7-9-20)25-31-24(22)27-11-13-29-14-12-27/h5-9,19,21,28H,4,10-18H2,1-3H3/t21-/m0/s1. The van der Waals surface area contributed by atoms with Gasteiger partial charge in [-0.1, -0.05) is 56.3 Å². The van der Waals surface area contributed by atoms with Crippen molar-refractivity contribution in [2.45, 2.75) is 39.8 Å². The van der Waals surface area contributed by atoms with Crippen LogP contribution in [-0.2, 0) is 16.0 Å². The van der Waals surface area contributed by atoms with E-state index in [1.807, 2.05) is 18.2 Å². The number of ether oxygens (including phenoxy) is 2. The smallest absolute Gasteiger partial charge is 0.232 e. The summed E-state index contributed by atoms with van der Waals surface area (Å²) in [5.74, 6) is 1.27. The SMILES string of the molecule is CCCN(Cc1c(-c2ccccc2)noc1N1CCOCC1)C[C@H](O)COCC(C)C. The summed E-state index contributed by atoms with van der Waals surface area (Å²) in [6.07, 6.45) is 0.468. The minimum absolute atomic E-state index is 0.351. The van der Waals surface area contributed by atoms with Gasteiger partial charge < -0.3 is 24.0 Å². The number of anilines is 1. The number of aliphatic hydroxyl groups excluding tert-OH is 1. The minimum atomic E-state index is -0.530. The molecular formula is C24H37N3O4. The number of benzene rings is 1. The fourth-order valence-electron chi connectivity index (χ4n) is 3.85. The Balaban J connectivity index is 1.79. The highest BCUT2D eigenvalue weighted by atomic mass is 16.5. The van der Waals surface area contributed by atoms with Crippen LogP contribution in [0.4, 0.5) is 5.88 Å². The average Bonchev–Trinajstić information content (AvgIpc) is 3.18. The maximum Gasteiger partial charge on any atom is 0.232 e. The third-order valence-electron chi connectivity index (χ3n) is 5.26. The quantitative estimate of drug-likeness (QED) is 0.552. The molecule has 1 N–H and O–H groups in total. The summed E-state index contributed by atoms with van der Waals surface area (Å²) in [5, 5.41) is 15.0. The van der Waals surface area contributed by atoms with Crippen molar-refractivity contribution < 1.29 is 19.1 Å². The molecule has 1 fully saturated rings. The van der Waals surface area contributed by atoms with Gasteiger partial charge in [0.1, 0.15) is 5.69 Å². The van der Waals surface area contributed by atoms with Crippen molar-refractivity contribution in [2.24, 2.45) is 5.92 Å². The number of morpholine rings is 1. The Kier molecular flexibility index (Phi) is 9.33. The lowest BCUT2D eigenvalue weighted by Gasteiger charge is -2.29. The summed E-state index contributed by atoms with van der Waals surface area (Å²) in [5.41, 5.74) is 2.98. The summed E-state index contributed by atoms with van der Waals surface area (Å²) in [6.45, 7) is 12.4. The molecule has 1 atom stereocenters. The van der Waals surface area contributed by atoms with Crippen LogP contribution in [0.25, 0.3) is 11.3 Å². The molecule has 1 aromatic carbocycles. The van der Waals surface area contributed by atoms with Crippen molar-refractivity contribution in [2.75, 3.05) is 57.5 Å². The van der Waals surface area contributed by atoms with Gasteiger partial charge in [-0.3, -0.25) is 4.90 Å². The Morgan fingerprint density at radius 3 is 2.58 bits per heavy atom. The highest BCUT2D eigenvalue weighted by Crippen LogP contribution is 2.33. The molecule has 0 saturated carbocycles. The second-order valence-corrected chi connectivity index (χ2v) is 8.60. The molecule has 1 aliphatic heterocycles. The number of nitrogens with zero attached hydrogens (tertiary/aromatic N) is 3. The maximum atomic E-state index is 10.6. The summed E-state index contributed by atoms with van der Waals surface area (Å²) in [7, 11) is 0. The van der Waals surface area contributed by atoms with Gasteiger partial charge in [0, 0.05) is 38.3 Å². The molecule has 1 saturated heterocycles. The topological polar surface area (TPSA) is 71.2 Å². The van der Waals surface area contributed by atoms with Crippen LogP contribution >= 0.6 is 0 Å². The predicted molar refractivity (Wildman–Crippen MR) is 122 cm³/mol. The van der Waals surface area contributed by atoms with Gasteiger partial charge in [0.2, 0.25) is 5.88 Å². The molecule has 3 rings (SSSR count). The Labute approximate surface area is 185 Å². The molecule has 7 heteroatoms. The molecule has 31 heavy (non-hydrogen) atoms. The third kappa shape index (κ3) is 7.04. The zero-order valence-electron chi connectivity index (χ0n) is 19.1. The van der Waals surface area contributed by atoms with Crippen molar-refractivity contribution in [1.29, 1.82) is 0 Å². The van der Waals surface area contributed by atoms with Crippen LogP contribution in [0.3, 0.4) is 0 Å². The number of aromatic nitrogens is 1. The highest BCUT2D eigenvalue weighted by molar-refractivity contribution is 5.68. The number of hydrogen-bond donors (Lipinski definition) is 1. The summed E-state index contributed by atoms with van der Waals surface area (Å²) >= 11 is 0. The van der Waals surface area contributed by atoms with E-state index in [-0.39, 0.29) is 0 Å². The van der Waals surface area contributed by atoms with Crippen LogP contribution in [0.1, 0.15) is 32.8 Å². The van der Waals surface area contributed by atoms with E-state index in [1.54, 1.807) is 0 Å². The molecule has 0 unspecified atom stereocenters. The minimum Gasteiger partial charge on any atom is -0.389 e. The molecule has 1 aliphatic rings. The van der Waals surface area contributed by atoms with Gasteiger partial charge in [0.05, 0.1) is 31.5 Å². The molecule has 2 aromatic rings. The molecule has 172 valence electrons. The molecule has 0 aliphatic carbocycles. The molecule has 2 heterocycles. The lowest BCUT2D eigenvalue weighted by molar-refractivity contribution is 0.00692. The van der Waals surface area contributed by atoms with E-state index < -0.39 is 6.10 Å². The van der Waals surface area contributed by atoms with Gasteiger partial charge in [-0.2, -0.15) is 0 Å². The summed E-state index contributed by atoms with van der Waals surface area (Å²) < 4.78 is 17.0. The fourth-order valence-corrected chi connectivity index (χ4v) is 3.85. The van der Waals surface area contributed by atoms with Crippen molar-refractivity contribution in [3.8, 4) is 11.3 Å². The van der Waals surface area contributed by atoms with Gasteiger partial charge in [-0.15, -0.1) is 0 Å². The van der Waals surface area contributed by atoms with Gasteiger partial charge >= 0.3 is 0 Å². The second-order valence-electron chi connectivity index (χ2n) is 8.60. The molecule has 0 spiro atoms. The van der Waals surface area contributed by atoms with Crippen LogP contribution in [0.5, 0.6) is 0 Å². The van der Waals surface area contributed by atoms with E-state index >= 15 is 0 Å². The van der Waals surface area contributed by atoms with Gasteiger partial charge in [0.25, 0.3) is 0 Å². The zero-order chi connectivity index (χ0) is 22.1. The van der Waals surface area contributed by atoms with E-state index in [4.69, 9.17) is 14.0 Å². The fraction of sp³-hybridized carbons (Fsp3) is 0.625. The number of hydrogen-bond acceptors (Lipinski definition) is 7. The van der Waals surface area contributed by atoms with Crippen molar-refractivity contribution >= 4 is 5.88 Å². The van der Waals surface area contributed by atoms with Crippen molar-refractivity contribution in [3.63, 3.8) is 0 Å². The molecule has 0 amide bonds. The van der Waals surface area contributed by atoms with Gasteiger partial charge in [-0.05, 0) is 18.9 Å². The van der Waals surface area contributed by atoms with Crippen molar-refractivity contribution in [3.05, 3.63) is 35.9 Å². The van der Waals surface area contributed by atoms with Crippen LogP contribution in [0.15, 0.2) is 34.9 Å². The Bertz CT molecular complexity index is 759. The number of rotatable bonds is 12. The first-order valence-corrected chi connectivity index (χ1v) is 11.4. The van der Waals surface area contributed by atoms with Crippen LogP contribution in [0, 0.1) is 5.92 Å². The van der Waals surface area contributed by atoms with Crippen molar-refractivity contribution in [1.82, 2.24) is 10.1 Å². The molecule has 0 radical (unpaired) electrons. The van der Waals surface area contributed by atoms with E-state index in [1.165, 1.54) is 0 Å². The molecular weight excluding hydrogens is 394 g/mol. The lowest BCUT2D eigenvalue weighted by Crippen LogP contribution is -2.38. The zero-order valence-corrected chi connectivity index (χ0v) is 19.1. The van der Waals surface area contributed by atoms with Gasteiger partial charge in [-0.25, -0.2) is 0 Å². The summed E-state index contributed by atoms with van der Waals surface area (Å²) in [4.78, 5) is 4.48. The van der Waals surface area contributed by atoms with Crippen LogP contribution < -0.4 is 4.90 Å². The van der Waals surface area contributed by atoms with E-state index in [9.17, 15) is 5.11 Å². The molecule has 1 aromatic heterocycles. The Hall–Kier alpha value is -1.93. The normalized spacial score (nSPS) is 15.7. The Morgan fingerprint density at radius 2 is 1.90 bits per heavy atom. The van der Waals surface area contributed by atoms with Gasteiger partial charge in [0.15, 0.2) is 0 Å². The van der Waals surface area contributed by atoms with E-state index in [2.05, 4.69) is 47.9 Å². The molecule has 0 bridgehead atoms. The monoisotopic (exact) mass is 431 g/mol.